The minimum absolute atomic E-state index is 0.628. The van der Waals surface area contributed by atoms with E-state index in [0.717, 1.165) is 13.0 Å². The van der Waals surface area contributed by atoms with E-state index in [-0.39, 0.29) is 0 Å². The SMILES string of the molecule is Cc1cnc2c(c1)CN(C)C(C)C2. The van der Waals surface area contributed by atoms with E-state index in [1.165, 1.54) is 16.8 Å². The van der Waals surface area contributed by atoms with Crippen LogP contribution in [0.1, 0.15) is 23.7 Å². The van der Waals surface area contributed by atoms with Crippen LogP contribution >= 0.6 is 0 Å². The van der Waals surface area contributed by atoms with Gasteiger partial charge in [0.15, 0.2) is 0 Å². The largest absolute Gasteiger partial charge is 0.299 e. The molecule has 1 aliphatic heterocycles. The molecule has 0 amide bonds. The van der Waals surface area contributed by atoms with Crippen molar-refractivity contribution in [3.8, 4) is 0 Å². The molecule has 13 heavy (non-hydrogen) atoms. The molecule has 2 rings (SSSR count). The number of pyridine rings is 1. The van der Waals surface area contributed by atoms with E-state index in [1.807, 2.05) is 6.20 Å². The van der Waals surface area contributed by atoms with Gasteiger partial charge in [-0.15, -0.1) is 0 Å². The van der Waals surface area contributed by atoms with E-state index in [2.05, 4.69) is 36.8 Å². The summed E-state index contributed by atoms with van der Waals surface area (Å²) in [5.74, 6) is 0. The summed E-state index contributed by atoms with van der Waals surface area (Å²) in [6, 6.07) is 2.88. The van der Waals surface area contributed by atoms with Gasteiger partial charge in [0.25, 0.3) is 0 Å². The van der Waals surface area contributed by atoms with Crippen molar-refractivity contribution in [1.29, 1.82) is 0 Å². The molecule has 2 nitrogen and oxygen atoms in total. The standard InChI is InChI=1S/C11H16N2/c1-8-4-10-7-13(3)9(2)5-11(10)12-6-8/h4,6,9H,5,7H2,1-3H3. The van der Waals surface area contributed by atoms with E-state index < -0.39 is 0 Å². The van der Waals surface area contributed by atoms with Crippen LogP contribution in [0.2, 0.25) is 0 Å². The van der Waals surface area contributed by atoms with Gasteiger partial charge in [0, 0.05) is 30.9 Å². The Hall–Kier alpha value is -0.890. The Bertz CT molecular complexity index is 320. The van der Waals surface area contributed by atoms with E-state index >= 15 is 0 Å². The number of rotatable bonds is 0. The van der Waals surface area contributed by atoms with Gasteiger partial charge in [-0.2, -0.15) is 0 Å². The molecule has 0 aliphatic carbocycles. The summed E-state index contributed by atoms with van der Waals surface area (Å²) in [5, 5.41) is 0. The van der Waals surface area contributed by atoms with Crippen LogP contribution in [0.3, 0.4) is 0 Å². The van der Waals surface area contributed by atoms with Crippen LogP contribution in [0.5, 0.6) is 0 Å². The van der Waals surface area contributed by atoms with Crippen molar-refractivity contribution >= 4 is 0 Å². The first-order chi connectivity index (χ1) is 6.16. The monoisotopic (exact) mass is 176 g/mol. The first-order valence-electron chi connectivity index (χ1n) is 4.81. The average Bonchev–Trinajstić information content (AvgIpc) is 2.08. The summed E-state index contributed by atoms with van der Waals surface area (Å²) >= 11 is 0. The number of aromatic nitrogens is 1. The molecule has 2 heterocycles. The maximum atomic E-state index is 4.48. The number of likely N-dealkylation sites (N-methyl/N-ethyl adjacent to an activating group) is 1. The molecule has 1 atom stereocenters. The lowest BCUT2D eigenvalue weighted by Crippen LogP contribution is -2.35. The number of aryl methyl sites for hydroxylation is 1. The Labute approximate surface area is 79.6 Å². The van der Waals surface area contributed by atoms with E-state index in [1.54, 1.807) is 0 Å². The first-order valence-corrected chi connectivity index (χ1v) is 4.81. The topological polar surface area (TPSA) is 16.1 Å². The predicted molar refractivity (Wildman–Crippen MR) is 53.6 cm³/mol. The van der Waals surface area contributed by atoms with Gasteiger partial charge in [-0.05, 0) is 32.0 Å². The Kier molecular flexibility index (Phi) is 2.08. The lowest BCUT2D eigenvalue weighted by Gasteiger charge is -2.30. The van der Waals surface area contributed by atoms with Crippen LogP contribution in [0.4, 0.5) is 0 Å². The summed E-state index contributed by atoms with van der Waals surface area (Å²) in [6.07, 6.45) is 3.06. The smallest absolute Gasteiger partial charge is 0.0464 e. The van der Waals surface area contributed by atoms with Crippen molar-refractivity contribution in [1.82, 2.24) is 9.88 Å². The number of fused-ring (bicyclic) bond motifs is 1. The van der Waals surface area contributed by atoms with Gasteiger partial charge < -0.3 is 0 Å². The maximum absolute atomic E-state index is 4.48. The van der Waals surface area contributed by atoms with Crippen molar-refractivity contribution < 1.29 is 0 Å². The fourth-order valence-electron chi connectivity index (χ4n) is 1.84. The van der Waals surface area contributed by atoms with Crippen LogP contribution in [-0.4, -0.2) is 23.0 Å². The van der Waals surface area contributed by atoms with Gasteiger partial charge in [0.1, 0.15) is 0 Å². The summed E-state index contributed by atoms with van der Waals surface area (Å²) in [6.45, 7) is 5.40. The number of hydrogen-bond donors (Lipinski definition) is 0. The molecular formula is C11H16N2. The third-order valence-corrected chi connectivity index (χ3v) is 2.86. The van der Waals surface area contributed by atoms with Crippen molar-refractivity contribution in [2.24, 2.45) is 0 Å². The second kappa shape index (κ2) is 3.11. The van der Waals surface area contributed by atoms with Crippen LogP contribution in [0, 0.1) is 6.92 Å². The quantitative estimate of drug-likeness (QED) is 0.599. The van der Waals surface area contributed by atoms with Crippen LogP contribution < -0.4 is 0 Å². The van der Waals surface area contributed by atoms with E-state index in [0.29, 0.717) is 6.04 Å². The lowest BCUT2D eigenvalue weighted by molar-refractivity contribution is 0.228. The maximum Gasteiger partial charge on any atom is 0.0464 e. The third-order valence-electron chi connectivity index (χ3n) is 2.86. The van der Waals surface area contributed by atoms with Crippen molar-refractivity contribution in [2.45, 2.75) is 32.9 Å². The van der Waals surface area contributed by atoms with Crippen molar-refractivity contribution in [3.63, 3.8) is 0 Å². The van der Waals surface area contributed by atoms with Crippen molar-refractivity contribution in [3.05, 3.63) is 29.1 Å². The molecule has 0 saturated heterocycles. The Morgan fingerprint density at radius 3 is 3.08 bits per heavy atom. The second-order valence-electron chi connectivity index (χ2n) is 4.09. The highest BCUT2D eigenvalue weighted by atomic mass is 15.1. The molecule has 70 valence electrons. The highest BCUT2D eigenvalue weighted by Crippen LogP contribution is 2.20. The van der Waals surface area contributed by atoms with E-state index in [4.69, 9.17) is 0 Å². The fourth-order valence-corrected chi connectivity index (χ4v) is 1.84. The van der Waals surface area contributed by atoms with Crippen LogP contribution in [0.15, 0.2) is 12.3 Å². The van der Waals surface area contributed by atoms with Crippen molar-refractivity contribution in [2.75, 3.05) is 7.05 Å². The highest BCUT2D eigenvalue weighted by Gasteiger charge is 2.20. The molecule has 1 aromatic heterocycles. The molecule has 1 aliphatic rings. The highest BCUT2D eigenvalue weighted by molar-refractivity contribution is 5.27. The molecule has 2 heteroatoms. The second-order valence-corrected chi connectivity index (χ2v) is 4.09. The minimum Gasteiger partial charge on any atom is -0.299 e. The summed E-state index contributed by atoms with van der Waals surface area (Å²) in [5.41, 5.74) is 3.96. The van der Waals surface area contributed by atoms with Gasteiger partial charge in [0.2, 0.25) is 0 Å². The third kappa shape index (κ3) is 1.59. The van der Waals surface area contributed by atoms with Crippen LogP contribution in [0.25, 0.3) is 0 Å². The molecule has 0 saturated carbocycles. The Morgan fingerprint density at radius 2 is 2.31 bits per heavy atom. The van der Waals surface area contributed by atoms with Gasteiger partial charge in [-0.25, -0.2) is 0 Å². The molecule has 0 bridgehead atoms. The summed E-state index contributed by atoms with van der Waals surface area (Å²) < 4.78 is 0. The first kappa shape index (κ1) is 8.70. The van der Waals surface area contributed by atoms with Gasteiger partial charge in [0.05, 0.1) is 0 Å². The number of hydrogen-bond acceptors (Lipinski definition) is 2. The van der Waals surface area contributed by atoms with E-state index in [9.17, 15) is 0 Å². The normalized spacial score (nSPS) is 22.8. The molecule has 0 fully saturated rings. The Balaban J connectivity index is 2.37. The fraction of sp³-hybridized carbons (Fsp3) is 0.545. The molecule has 1 aromatic rings. The molecule has 1 unspecified atom stereocenters. The lowest BCUT2D eigenvalue weighted by atomic mass is 9.99. The molecular weight excluding hydrogens is 160 g/mol. The Morgan fingerprint density at radius 1 is 1.54 bits per heavy atom. The van der Waals surface area contributed by atoms with Gasteiger partial charge >= 0.3 is 0 Å². The average molecular weight is 176 g/mol. The molecule has 0 spiro atoms. The predicted octanol–water partition coefficient (Wildman–Crippen LogP) is 1.77. The van der Waals surface area contributed by atoms with Crippen LogP contribution in [-0.2, 0) is 13.0 Å². The number of nitrogens with zero attached hydrogens (tertiary/aromatic N) is 2. The zero-order valence-electron chi connectivity index (χ0n) is 8.54. The summed E-state index contributed by atoms with van der Waals surface area (Å²) in [7, 11) is 2.18. The van der Waals surface area contributed by atoms with Gasteiger partial charge in [-0.3, -0.25) is 9.88 Å². The zero-order valence-corrected chi connectivity index (χ0v) is 8.54. The molecule has 0 radical (unpaired) electrons. The molecule has 0 N–H and O–H groups in total. The summed E-state index contributed by atoms with van der Waals surface area (Å²) in [4.78, 5) is 6.86. The zero-order chi connectivity index (χ0) is 9.42. The minimum atomic E-state index is 0.628. The van der Waals surface area contributed by atoms with Gasteiger partial charge in [-0.1, -0.05) is 6.07 Å². The molecule has 0 aromatic carbocycles.